The molecule has 3 rings (SSSR count). The summed E-state index contributed by atoms with van der Waals surface area (Å²) in [5.41, 5.74) is 3.44. The highest BCUT2D eigenvalue weighted by molar-refractivity contribution is 6.31. The Balaban J connectivity index is 1.44. The summed E-state index contributed by atoms with van der Waals surface area (Å²) in [7, 11) is 0. The highest BCUT2D eigenvalue weighted by Crippen LogP contribution is 2.13. The third-order valence-electron chi connectivity index (χ3n) is 4.65. The number of aryl methyl sites for hydroxylation is 3. The van der Waals surface area contributed by atoms with E-state index in [2.05, 4.69) is 41.2 Å². The standard InChI is InChI=1S/C19H25ClN4O/c1-15-4-3-5-17(12-15)13-22-8-10-23(11-9-22)19(25)6-7-24-14-18(20)16(2)21-24/h3-5,12,14H,6-11,13H2,1-2H3. The van der Waals surface area contributed by atoms with E-state index in [0.29, 0.717) is 18.0 Å². The van der Waals surface area contributed by atoms with Crippen LogP contribution in [0.3, 0.4) is 0 Å². The fourth-order valence-corrected chi connectivity index (χ4v) is 3.35. The van der Waals surface area contributed by atoms with E-state index in [1.807, 2.05) is 11.8 Å². The van der Waals surface area contributed by atoms with Gasteiger partial charge in [0.1, 0.15) is 0 Å². The molecule has 1 saturated heterocycles. The lowest BCUT2D eigenvalue weighted by molar-refractivity contribution is -0.133. The number of nitrogens with zero attached hydrogens (tertiary/aromatic N) is 4. The molecule has 6 heteroatoms. The van der Waals surface area contributed by atoms with E-state index in [-0.39, 0.29) is 5.91 Å². The lowest BCUT2D eigenvalue weighted by atomic mass is 10.1. The predicted octanol–water partition coefficient (Wildman–Crippen LogP) is 2.89. The monoisotopic (exact) mass is 360 g/mol. The molecule has 0 radical (unpaired) electrons. The molecule has 25 heavy (non-hydrogen) atoms. The third-order valence-corrected chi connectivity index (χ3v) is 5.03. The number of amides is 1. The maximum Gasteiger partial charge on any atom is 0.224 e. The van der Waals surface area contributed by atoms with Gasteiger partial charge in [0.25, 0.3) is 0 Å². The van der Waals surface area contributed by atoms with E-state index < -0.39 is 0 Å². The molecule has 1 aromatic heterocycles. The molecule has 2 heterocycles. The van der Waals surface area contributed by atoms with Gasteiger partial charge in [0.15, 0.2) is 0 Å². The van der Waals surface area contributed by atoms with Gasteiger partial charge in [-0.3, -0.25) is 14.4 Å². The summed E-state index contributed by atoms with van der Waals surface area (Å²) in [4.78, 5) is 16.8. The van der Waals surface area contributed by atoms with Crippen LogP contribution in [0, 0.1) is 13.8 Å². The number of aromatic nitrogens is 2. The number of carbonyl (C=O) groups is 1. The van der Waals surface area contributed by atoms with Crippen molar-refractivity contribution in [1.82, 2.24) is 19.6 Å². The van der Waals surface area contributed by atoms with Gasteiger partial charge in [-0.15, -0.1) is 0 Å². The number of benzene rings is 1. The van der Waals surface area contributed by atoms with Gasteiger partial charge >= 0.3 is 0 Å². The van der Waals surface area contributed by atoms with Crippen LogP contribution < -0.4 is 0 Å². The van der Waals surface area contributed by atoms with E-state index in [0.717, 1.165) is 38.4 Å². The quantitative estimate of drug-likeness (QED) is 0.823. The first-order chi connectivity index (χ1) is 12.0. The molecule has 0 aliphatic carbocycles. The molecule has 1 aliphatic heterocycles. The van der Waals surface area contributed by atoms with Gasteiger partial charge in [0, 0.05) is 51.9 Å². The minimum atomic E-state index is 0.194. The largest absolute Gasteiger partial charge is 0.340 e. The van der Waals surface area contributed by atoms with Crippen molar-refractivity contribution in [3.63, 3.8) is 0 Å². The Morgan fingerprint density at radius 3 is 2.60 bits per heavy atom. The van der Waals surface area contributed by atoms with Crippen LogP contribution in [0.4, 0.5) is 0 Å². The maximum absolute atomic E-state index is 12.4. The zero-order valence-electron chi connectivity index (χ0n) is 14.9. The second-order valence-electron chi connectivity index (χ2n) is 6.72. The number of rotatable bonds is 5. The fraction of sp³-hybridized carbons (Fsp3) is 0.474. The van der Waals surface area contributed by atoms with Gasteiger partial charge in [0.05, 0.1) is 10.7 Å². The number of hydrogen-bond acceptors (Lipinski definition) is 3. The summed E-state index contributed by atoms with van der Waals surface area (Å²) in [6.45, 7) is 8.96. The lowest BCUT2D eigenvalue weighted by Crippen LogP contribution is -2.48. The van der Waals surface area contributed by atoms with Crippen LogP contribution in [0.25, 0.3) is 0 Å². The van der Waals surface area contributed by atoms with E-state index >= 15 is 0 Å². The Morgan fingerprint density at radius 2 is 1.96 bits per heavy atom. The second kappa shape index (κ2) is 8.02. The molecular formula is C19H25ClN4O. The lowest BCUT2D eigenvalue weighted by Gasteiger charge is -2.34. The molecule has 2 aromatic rings. The van der Waals surface area contributed by atoms with Crippen molar-refractivity contribution in [3.8, 4) is 0 Å². The van der Waals surface area contributed by atoms with E-state index in [4.69, 9.17) is 11.6 Å². The van der Waals surface area contributed by atoms with Crippen LogP contribution in [0.2, 0.25) is 5.02 Å². The van der Waals surface area contributed by atoms with Gasteiger partial charge in [-0.1, -0.05) is 41.4 Å². The molecule has 1 fully saturated rings. The molecule has 0 bridgehead atoms. The molecule has 0 N–H and O–H groups in total. The Kier molecular flexibility index (Phi) is 5.76. The van der Waals surface area contributed by atoms with Crippen LogP contribution >= 0.6 is 11.6 Å². The smallest absolute Gasteiger partial charge is 0.224 e. The summed E-state index contributed by atoms with van der Waals surface area (Å²) in [5.74, 6) is 0.194. The van der Waals surface area contributed by atoms with Crippen molar-refractivity contribution in [2.75, 3.05) is 26.2 Å². The molecule has 0 unspecified atom stereocenters. The second-order valence-corrected chi connectivity index (χ2v) is 7.13. The topological polar surface area (TPSA) is 41.4 Å². The zero-order valence-corrected chi connectivity index (χ0v) is 15.7. The predicted molar refractivity (Wildman–Crippen MR) is 99.6 cm³/mol. The van der Waals surface area contributed by atoms with Gasteiger partial charge in [0.2, 0.25) is 5.91 Å². The molecule has 0 saturated carbocycles. The number of hydrogen-bond donors (Lipinski definition) is 0. The van der Waals surface area contributed by atoms with Crippen LogP contribution in [-0.2, 0) is 17.9 Å². The normalized spacial score (nSPS) is 15.6. The fourth-order valence-electron chi connectivity index (χ4n) is 3.20. The van der Waals surface area contributed by atoms with Crippen molar-refractivity contribution in [2.24, 2.45) is 0 Å². The number of halogens is 1. The Hall–Kier alpha value is -1.85. The summed E-state index contributed by atoms with van der Waals surface area (Å²) < 4.78 is 1.75. The van der Waals surface area contributed by atoms with Crippen molar-refractivity contribution < 1.29 is 4.79 Å². The van der Waals surface area contributed by atoms with E-state index in [1.165, 1.54) is 11.1 Å². The Labute approximate surface area is 154 Å². The van der Waals surface area contributed by atoms with Crippen LogP contribution in [-0.4, -0.2) is 51.7 Å². The molecule has 5 nitrogen and oxygen atoms in total. The molecule has 0 spiro atoms. The molecule has 1 amide bonds. The van der Waals surface area contributed by atoms with Crippen LogP contribution in [0.15, 0.2) is 30.5 Å². The summed E-state index contributed by atoms with van der Waals surface area (Å²) in [5, 5.41) is 4.95. The Morgan fingerprint density at radius 1 is 1.20 bits per heavy atom. The first kappa shape index (κ1) is 18.0. The van der Waals surface area contributed by atoms with Gasteiger partial charge in [-0.05, 0) is 19.4 Å². The number of carbonyl (C=O) groups excluding carboxylic acids is 1. The first-order valence-electron chi connectivity index (χ1n) is 8.76. The zero-order chi connectivity index (χ0) is 17.8. The van der Waals surface area contributed by atoms with Gasteiger partial charge in [-0.25, -0.2) is 0 Å². The SMILES string of the molecule is Cc1cccc(CN2CCN(C(=O)CCn3cc(Cl)c(C)n3)CC2)c1. The van der Waals surface area contributed by atoms with Crippen molar-refractivity contribution >= 4 is 17.5 Å². The van der Waals surface area contributed by atoms with Crippen LogP contribution in [0.1, 0.15) is 23.2 Å². The van der Waals surface area contributed by atoms with Crippen molar-refractivity contribution in [3.05, 3.63) is 52.3 Å². The van der Waals surface area contributed by atoms with Gasteiger partial charge in [-0.2, -0.15) is 5.10 Å². The summed E-state index contributed by atoms with van der Waals surface area (Å²) in [6.07, 6.45) is 2.25. The Bertz CT molecular complexity index is 715. The molecule has 1 aliphatic rings. The van der Waals surface area contributed by atoms with E-state index in [1.54, 1.807) is 10.9 Å². The minimum Gasteiger partial charge on any atom is -0.340 e. The third kappa shape index (κ3) is 4.83. The van der Waals surface area contributed by atoms with Gasteiger partial charge < -0.3 is 4.90 Å². The van der Waals surface area contributed by atoms with E-state index in [9.17, 15) is 4.79 Å². The molecule has 1 aromatic carbocycles. The number of piperazine rings is 1. The highest BCUT2D eigenvalue weighted by Gasteiger charge is 2.21. The molecule has 134 valence electrons. The minimum absolute atomic E-state index is 0.194. The first-order valence-corrected chi connectivity index (χ1v) is 9.14. The van der Waals surface area contributed by atoms with Crippen molar-refractivity contribution in [1.29, 1.82) is 0 Å². The molecule has 0 atom stereocenters. The summed E-state index contributed by atoms with van der Waals surface area (Å²) >= 11 is 6.00. The maximum atomic E-state index is 12.4. The average molecular weight is 361 g/mol. The van der Waals surface area contributed by atoms with Crippen LogP contribution in [0.5, 0.6) is 0 Å². The highest BCUT2D eigenvalue weighted by atomic mass is 35.5. The summed E-state index contributed by atoms with van der Waals surface area (Å²) in [6, 6.07) is 8.62. The molecular weight excluding hydrogens is 336 g/mol. The average Bonchev–Trinajstić information content (AvgIpc) is 2.91. The van der Waals surface area contributed by atoms with Crippen molar-refractivity contribution in [2.45, 2.75) is 33.4 Å².